The van der Waals surface area contributed by atoms with E-state index in [1.54, 1.807) is 39.7 Å². The molecule has 0 aliphatic carbocycles. The number of hydrogen-bond acceptors (Lipinski definition) is 13. The highest BCUT2D eigenvalue weighted by atomic mass is 35.5. The number of carbonyl (C=O) groups excluding carboxylic acids is 3. The summed E-state index contributed by atoms with van der Waals surface area (Å²) in [7, 11) is 0. The molecular formula is C52H55ClN12O4S2. The van der Waals surface area contributed by atoms with Gasteiger partial charge in [-0.3, -0.25) is 28.6 Å². The zero-order valence-electron chi connectivity index (χ0n) is 40.5. The second-order valence-electron chi connectivity index (χ2n) is 19.1. The number of aliphatic hydroxyl groups is 1. The minimum atomic E-state index is -0.837. The van der Waals surface area contributed by atoms with Crippen LogP contribution >= 0.6 is 34.3 Å². The van der Waals surface area contributed by atoms with Crippen LogP contribution in [0.2, 0.25) is 5.02 Å². The van der Waals surface area contributed by atoms with Gasteiger partial charge < -0.3 is 25.5 Å². The molecule has 5 atom stereocenters. The number of nitrogens with zero attached hydrogens (tertiary/aromatic N) is 10. The van der Waals surface area contributed by atoms with E-state index in [4.69, 9.17) is 16.6 Å². The Balaban J connectivity index is 0.784. The molecule has 0 radical (unpaired) electrons. The van der Waals surface area contributed by atoms with Crippen LogP contribution in [0.4, 0.5) is 5.82 Å². The molecule has 366 valence electrons. The predicted molar refractivity (Wildman–Crippen MR) is 276 cm³/mol. The molecule has 3 N–H and O–H groups in total. The molecule has 71 heavy (non-hydrogen) atoms. The Kier molecular flexibility index (Phi) is 13.2. The van der Waals surface area contributed by atoms with Gasteiger partial charge in [0, 0.05) is 65.0 Å². The number of aromatic nitrogens is 7. The van der Waals surface area contributed by atoms with Gasteiger partial charge in [0.2, 0.25) is 17.7 Å². The first-order valence-electron chi connectivity index (χ1n) is 23.8. The van der Waals surface area contributed by atoms with Crippen molar-refractivity contribution in [2.45, 2.75) is 97.6 Å². The first-order chi connectivity index (χ1) is 34.1. The van der Waals surface area contributed by atoms with Crippen molar-refractivity contribution >= 4 is 63.5 Å². The van der Waals surface area contributed by atoms with Gasteiger partial charge in [0.25, 0.3) is 0 Å². The number of hydrogen-bond donors (Lipinski definition) is 3. The van der Waals surface area contributed by atoms with Crippen LogP contribution in [0, 0.1) is 33.6 Å². The van der Waals surface area contributed by atoms with E-state index >= 15 is 0 Å². The van der Waals surface area contributed by atoms with Gasteiger partial charge in [-0.2, -0.15) is 5.10 Å². The number of pyridine rings is 1. The molecule has 0 unspecified atom stereocenters. The number of aryl methyl sites for hydroxylation is 3. The fraction of sp³-hybridized carbons (Fsp3) is 0.365. The quantitative estimate of drug-likeness (QED) is 0.102. The summed E-state index contributed by atoms with van der Waals surface area (Å²) in [6.45, 7) is 15.1. The molecule has 0 bridgehead atoms. The van der Waals surface area contributed by atoms with E-state index in [9.17, 15) is 19.5 Å². The highest BCUT2D eigenvalue weighted by Gasteiger charge is 2.43. The Hall–Kier alpha value is -6.60. The Morgan fingerprint density at radius 1 is 0.901 bits per heavy atom. The van der Waals surface area contributed by atoms with Crippen molar-refractivity contribution in [2.24, 2.45) is 10.9 Å². The molecule has 2 fully saturated rings. The normalized spacial score (nSPS) is 18.6. The van der Waals surface area contributed by atoms with Crippen LogP contribution in [-0.2, 0) is 14.4 Å². The Morgan fingerprint density at radius 2 is 1.65 bits per heavy atom. The van der Waals surface area contributed by atoms with E-state index in [2.05, 4.69) is 54.6 Å². The van der Waals surface area contributed by atoms with Crippen molar-refractivity contribution in [1.29, 1.82) is 0 Å². The number of aliphatic imine (C=N–C) groups is 1. The predicted octanol–water partition coefficient (Wildman–Crippen LogP) is 7.92. The maximum absolute atomic E-state index is 14.5. The highest BCUT2D eigenvalue weighted by Crippen LogP contribution is 2.40. The molecule has 16 nitrogen and oxygen atoms in total. The van der Waals surface area contributed by atoms with Crippen LogP contribution in [0.3, 0.4) is 0 Å². The number of halogens is 1. The summed E-state index contributed by atoms with van der Waals surface area (Å²) in [5, 5.41) is 32.4. The lowest BCUT2D eigenvalue weighted by Crippen LogP contribution is -2.59. The third-order valence-corrected chi connectivity index (χ3v) is 16.2. The number of likely N-dealkylation sites (tertiary alicyclic amines) is 1. The maximum atomic E-state index is 14.5. The lowest BCUT2D eigenvalue weighted by Gasteiger charge is -2.40. The third kappa shape index (κ3) is 9.41. The van der Waals surface area contributed by atoms with E-state index in [1.807, 2.05) is 112 Å². The molecule has 2 saturated heterocycles. The first-order valence-corrected chi connectivity index (χ1v) is 25.9. The van der Waals surface area contributed by atoms with Crippen LogP contribution in [0.15, 0.2) is 89.8 Å². The first kappa shape index (κ1) is 48.0. The SMILES string of the molecule is Cc1ncsc1-c1ccc([C@H](C)NC(=O)[C@@H]2C[C@@H](O)CN2C(=O)[C@@H](C(C)C)n2cc(-c3ccnc(N4CC(NC(=O)C[C@@H]5N=C(c6ccc(Cl)cc6)c6c(sc(C)c6C)-n6c(C)nnc65)C4)c3)cn2)cc1. The number of amides is 3. The average Bonchev–Trinajstić information content (AvgIpc) is 4.18. The number of fused-ring (bicyclic) bond motifs is 3. The fourth-order valence-electron chi connectivity index (χ4n) is 9.84. The fourth-order valence-corrected chi connectivity index (χ4v) is 12.0. The molecule has 3 aliphatic rings. The molecule has 7 aromatic rings. The largest absolute Gasteiger partial charge is 0.391 e. The van der Waals surface area contributed by atoms with Crippen LogP contribution in [-0.4, -0.2) is 106 Å². The van der Waals surface area contributed by atoms with E-state index in [0.717, 1.165) is 71.9 Å². The standard InChI is InChI=1S/C52H55ClN12O4S2/c1-27(2)47(51(69)63-25-40(66)19-42(63)50(68)57-29(4)33-8-10-35(11-9-33)48-30(5)55-26-70-48)64-22-37(21-56-64)36-16-17-54-43(18-36)62-23-39(24-62)58-44(67)20-41-49-61-60-32(7)65(49)52-45(28(3)31(6)71-52)46(59-41)34-12-14-38(53)15-13-34/h8-18,21-22,26-27,29,39-42,47,66H,19-20,23-25H2,1-7H3,(H,57,68)(H,58,67)/t29-,40+,41-,42-,47+/m0/s1. The summed E-state index contributed by atoms with van der Waals surface area (Å²) in [6.07, 6.45) is 4.72. The summed E-state index contributed by atoms with van der Waals surface area (Å²) in [5.74, 6) is 1.20. The van der Waals surface area contributed by atoms with E-state index in [1.165, 1.54) is 9.78 Å². The zero-order chi connectivity index (χ0) is 49.8. The number of nitrogens with one attached hydrogen (secondary N) is 2. The number of rotatable bonds is 13. The third-order valence-electron chi connectivity index (χ3n) is 13.8. The smallest absolute Gasteiger partial charge is 0.248 e. The number of benzene rings is 2. The minimum absolute atomic E-state index is 0.0501. The van der Waals surface area contributed by atoms with Crippen molar-refractivity contribution in [3.05, 3.63) is 134 Å². The maximum Gasteiger partial charge on any atom is 0.248 e. The van der Waals surface area contributed by atoms with Crippen LogP contribution in [0.1, 0.15) is 96.2 Å². The zero-order valence-corrected chi connectivity index (χ0v) is 42.9. The Morgan fingerprint density at radius 3 is 2.37 bits per heavy atom. The average molecular weight is 1010 g/mol. The van der Waals surface area contributed by atoms with Gasteiger partial charge in [-0.25, -0.2) is 9.97 Å². The lowest BCUT2D eigenvalue weighted by molar-refractivity contribution is -0.142. The Bertz CT molecular complexity index is 3170. The number of thiophene rings is 1. The molecule has 2 aromatic carbocycles. The second kappa shape index (κ2) is 19.5. The molecular weight excluding hydrogens is 956 g/mol. The topological polar surface area (TPSA) is 189 Å². The van der Waals surface area contributed by atoms with E-state index in [-0.39, 0.29) is 55.1 Å². The Labute approximate surface area is 424 Å². The highest BCUT2D eigenvalue weighted by molar-refractivity contribution is 7.15. The lowest BCUT2D eigenvalue weighted by atomic mass is 9.99. The number of β-amino-alcohol motifs (C(OH)–C–C–N with tert-alkyl or cyclic N) is 1. The minimum Gasteiger partial charge on any atom is -0.391 e. The number of carbonyl (C=O) groups is 3. The molecule has 10 rings (SSSR count). The summed E-state index contributed by atoms with van der Waals surface area (Å²) in [6, 6.07) is 17.0. The number of anilines is 1. The monoisotopic (exact) mass is 1010 g/mol. The van der Waals surface area contributed by atoms with E-state index in [0.29, 0.717) is 23.9 Å². The van der Waals surface area contributed by atoms with Gasteiger partial charge in [-0.15, -0.1) is 32.9 Å². The molecule has 8 heterocycles. The molecule has 0 saturated carbocycles. The van der Waals surface area contributed by atoms with Crippen molar-refractivity contribution in [3.8, 4) is 26.6 Å². The number of aliphatic hydroxyl groups excluding tert-OH is 1. The summed E-state index contributed by atoms with van der Waals surface area (Å²) in [4.78, 5) is 62.3. The van der Waals surface area contributed by atoms with Crippen molar-refractivity contribution in [3.63, 3.8) is 0 Å². The summed E-state index contributed by atoms with van der Waals surface area (Å²) in [5.41, 5.74) is 10.3. The van der Waals surface area contributed by atoms with Gasteiger partial charge in [0.05, 0.1) is 52.6 Å². The van der Waals surface area contributed by atoms with Crippen molar-refractivity contribution in [2.75, 3.05) is 24.5 Å². The van der Waals surface area contributed by atoms with Crippen LogP contribution in [0.5, 0.6) is 0 Å². The second-order valence-corrected chi connectivity index (χ2v) is 21.6. The molecule has 3 aliphatic heterocycles. The molecule has 3 amide bonds. The summed E-state index contributed by atoms with van der Waals surface area (Å²) >= 11 is 9.55. The van der Waals surface area contributed by atoms with Gasteiger partial charge >= 0.3 is 0 Å². The van der Waals surface area contributed by atoms with Crippen molar-refractivity contribution in [1.82, 2.24) is 50.0 Å². The molecule has 0 spiro atoms. The molecule has 19 heteroatoms. The van der Waals surface area contributed by atoms with E-state index < -0.39 is 24.2 Å². The van der Waals surface area contributed by atoms with Crippen molar-refractivity contribution < 1.29 is 19.5 Å². The van der Waals surface area contributed by atoms with Gasteiger partial charge in [0.15, 0.2) is 5.82 Å². The van der Waals surface area contributed by atoms with Gasteiger partial charge in [-0.05, 0) is 87.1 Å². The van der Waals surface area contributed by atoms with Gasteiger partial charge in [-0.1, -0.05) is 61.8 Å². The summed E-state index contributed by atoms with van der Waals surface area (Å²) < 4.78 is 3.71. The van der Waals surface area contributed by atoms with Crippen LogP contribution in [0.25, 0.3) is 26.6 Å². The van der Waals surface area contributed by atoms with Crippen LogP contribution < -0.4 is 15.5 Å². The van der Waals surface area contributed by atoms with Gasteiger partial charge in [0.1, 0.15) is 34.8 Å². The molecule has 5 aromatic heterocycles. The number of thiazole rings is 1.